The zero-order valence-corrected chi connectivity index (χ0v) is 26.9. The number of alkyl halides is 3. The van der Waals surface area contributed by atoms with E-state index in [1.807, 2.05) is 6.07 Å². The van der Waals surface area contributed by atoms with Crippen LogP contribution in [0.3, 0.4) is 0 Å². The zero-order chi connectivity index (χ0) is 34.7. The molecule has 0 spiro atoms. The van der Waals surface area contributed by atoms with Gasteiger partial charge in [-0.05, 0) is 49.0 Å². The molecule has 0 radical (unpaired) electrons. The number of fused-ring (bicyclic) bond motifs is 1. The normalized spacial score (nSPS) is 16.5. The summed E-state index contributed by atoms with van der Waals surface area (Å²) in [5.74, 6) is -3.68. The lowest BCUT2D eigenvalue weighted by Crippen LogP contribution is -2.56. The molecule has 3 amide bonds. The highest BCUT2D eigenvalue weighted by atomic mass is 28.2. The van der Waals surface area contributed by atoms with Crippen LogP contribution >= 0.6 is 0 Å². The predicted molar refractivity (Wildman–Crippen MR) is 168 cm³/mol. The molecule has 3 atom stereocenters. The van der Waals surface area contributed by atoms with Gasteiger partial charge in [0.15, 0.2) is 5.69 Å². The van der Waals surface area contributed by atoms with E-state index in [-0.39, 0.29) is 42.2 Å². The third kappa shape index (κ3) is 6.49. The number of aliphatic hydroxyl groups excluding tert-OH is 1. The summed E-state index contributed by atoms with van der Waals surface area (Å²) in [6.45, 7) is 1.35. The summed E-state index contributed by atoms with van der Waals surface area (Å²) < 4.78 is 56.1. The molecule has 0 fully saturated rings. The maximum atomic E-state index is 14.4. The summed E-state index contributed by atoms with van der Waals surface area (Å²) in [6.07, 6.45) is -4.77. The molecule has 1 unspecified atom stereocenters. The van der Waals surface area contributed by atoms with E-state index < -0.39 is 62.4 Å². The Morgan fingerprint density at radius 1 is 1.15 bits per heavy atom. The number of para-hydroxylation sites is 1. The van der Waals surface area contributed by atoms with Gasteiger partial charge in [0, 0.05) is 52.8 Å². The third-order valence-electron chi connectivity index (χ3n) is 8.16. The molecule has 248 valence electrons. The number of anilines is 1. The van der Waals surface area contributed by atoms with Gasteiger partial charge in [0.25, 0.3) is 17.7 Å². The minimum Gasteiger partial charge on any atom is -0.396 e. The molecule has 48 heavy (non-hydrogen) atoms. The molecule has 5 rings (SSSR count). The Labute approximate surface area is 274 Å². The van der Waals surface area contributed by atoms with Crippen molar-refractivity contribution in [3.8, 4) is 11.8 Å². The average molecular weight is 679 g/mol. The van der Waals surface area contributed by atoms with Crippen LogP contribution in [0.4, 0.5) is 23.4 Å². The lowest BCUT2D eigenvalue weighted by atomic mass is 9.84. The summed E-state index contributed by atoms with van der Waals surface area (Å²) in [7, 11) is 0.426. The largest absolute Gasteiger partial charge is 0.416 e. The first-order chi connectivity index (χ1) is 22.9. The Balaban J connectivity index is 1.75. The second kappa shape index (κ2) is 13.9. The summed E-state index contributed by atoms with van der Waals surface area (Å²) in [6, 6.07) is 14.6. The van der Waals surface area contributed by atoms with Crippen LogP contribution in [0, 0.1) is 17.1 Å². The highest BCUT2D eigenvalue weighted by molar-refractivity contribution is 6.32. The van der Waals surface area contributed by atoms with Crippen molar-refractivity contribution >= 4 is 32.7 Å². The van der Waals surface area contributed by atoms with E-state index in [0.29, 0.717) is 16.9 Å². The number of amides is 3. The summed E-state index contributed by atoms with van der Waals surface area (Å²) >= 11 is 0. The Bertz CT molecular complexity index is 1880. The SMILES string of the molecule is CCN1C(=O)[C@@H](NC(=O)c2cccc(C(F)(F)F)c2)[C@@H](c2ccc(F)c[siH]2)c2c(C(=O)N(C)C(C#N)CCO)nn(-c3ccccc3)c21. The van der Waals surface area contributed by atoms with Crippen LogP contribution in [0.2, 0.25) is 0 Å². The fourth-order valence-corrected chi connectivity index (χ4v) is 7.01. The first kappa shape index (κ1) is 34.1. The van der Waals surface area contributed by atoms with Crippen LogP contribution in [0.15, 0.2) is 72.4 Å². The van der Waals surface area contributed by atoms with E-state index >= 15 is 0 Å². The number of likely N-dealkylation sites (N-methyl/N-ethyl adjacent to an activating group) is 1. The van der Waals surface area contributed by atoms with Crippen LogP contribution < -0.4 is 10.2 Å². The molecule has 4 aromatic rings. The van der Waals surface area contributed by atoms with Crippen molar-refractivity contribution in [3.05, 3.63) is 106 Å². The van der Waals surface area contributed by atoms with Crippen molar-refractivity contribution in [1.29, 1.82) is 5.26 Å². The van der Waals surface area contributed by atoms with E-state index in [9.17, 15) is 42.3 Å². The fourth-order valence-electron chi connectivity index (χ4n) is 5.77. The molecule has 0 aliphatic carbocycles. The van der Waals surface area contributed by atoms with E-state index in [4.69, 9.17) is 0 Å². The van der Waals surface area contributed by atoms with Crippen molar-refractivity contribution in [2.24, 2.45) is 0 Å². The minimum absolute atomic E-state index is 0.0483. The maximum absolute atomic E-state index is 14.4. The highest BCUT2D eigenvalue weighted by Crippen LogP contribution is 2.43. The summed E-state index contributed by atoms with van der Waals surface area (Å²) in [4.78, 5) is 44.6. The van der Waals surface area contributed by atoms with Gasteiger partial charge in [0.2, 0.25) is 0 Å². The van der Waals surface area contributed by atoms with Gasteiger partial charge in [-0.3, -0.25) is 19.3 Å². The molecule has 15 heteroatoms. The Hall–Kier alpha value is -5.20. The molecule has 0 saturated carbocycles. The summed E-state index contributed by atoms with van der Waals surface area (Å²) in [5.41, 5.74) is 0.503. The second-order valence-corrected chi connectivity index (χ2v) is 12.4. The first-order valence-corrected chi connectivity index (χ1v) is 16.2. The zero-order valence-electron chi connectivity index (χ0n) is 25.8. The van der Waals surface area contributed by atoms with Crippen molar-refractivity contribution in [1.82, 2.24) is 20.0 Å². The lowest BCUT2D eigenvalue weighted by molar-refractivity contribution is -0.137. The van der Waals surface area contributed by atoms with Gasteiger partial charge in [-0.2, -0.15) is 23.5 Å². The molecule has 1 aliphatic heterocycles. The van der Waals surface area contributed by atoms with Crippen LogP contribution in [-0.4, -0.2) is 78.9 Å². The monoisotopic (exact) mass is 678 g/mol. The molecular weight excluding hydrogens is 648 g/mol. The van der Waals surface area contributed by atoms with Crippen molar-refractivity contribution < 1.29 is 37.1 Å². The van der Waals surface area contributed by atoms with Crippen molar-refractivity contribution in [3.63, 3.8) is 0 Å². The van der Waals surface area contributed by atoms with Crippen LogP contribution in [-0.2, 0) is 11.0 Å². The average Bonchev–Trinajstić information content (AvgIpc) is 3.47. The van der Waals surface area contributed by atoms with Gasteiger partial charge in [0.1, 0.15) is 23.7 Å². The first-order valence-electron chi connectivity index (χ1n) is 14.9. The predicted octanol–water partition coefficient (Wildman–Crippen LogP) is 3.74. The molecule has 0 bridgehead atoms. The van der Waals surface area contributed by atoms with Gasteiger partial charge in [0.05, 0.1) is 17.3 Å². The third-order valence-corrected chi connectivity index (χ3v) is 9.58. The smallest absolute Gasteiger partial charge is 0.396 e. The number of nitrogens with one attached hydrogen (secondary N) is 1. The Kier molecular flexibility index (Phi) is 9.87. The summed E-state index contributed by atoms with van der Waals surface area (Å²) in [5, 5.41) is 27.1. The van der Waals surface area contributed by atoms with E-state index in [1.54, 1.807) is 37.3 Å². The number of aromatic nitrogens is 2. The van der Waals surface area contributed by atoms with Gasteiger partial charge in [-0.1, -0.05) is 35.5 Å². The quantitative estimate of drug-likeness (QED) is 0.205. The minimum atomic E-state index is -4.72. The molecular formula is C33H30F4N6O4Si. The van der Waals surface area contributed by atoms with Crippen LogP contribution in [0.25, 0.3) is 5.69 Å². The van der Waals surface area contributed by atoms with Crippen molar-refractivity contribution in [2.75, 3.05) is 25.1 Å². The maximum Gasteiger partial charge on any atom is 0.416 e. The number of carbonyl (C=O) groups is 3. The number of hydrogen-bond acceptors (Lipinski definition) is 6. The number of benzene rings is 2. The van der Waals surface area contributed by atoms with E-state index in [1.165, 1.54) is 40.5 Å². The molecule has 1 aliphatic rings. The number of rotatable bonds is 9. The van der Waals surface area contributed by atoms with Gasteiger partial charge < -0.3 is 15.3 Å². The number of aliphatic hydroxyl groups is 1. The molecule has 3 heterocycles. The standard InChI is InChI=1S/C33H30F4N6O4Si/c1-3-42-30-26(28(31(46)41(2)23(17-38)14-15-44)40-43(30)22-10-5-4-6-11-22)25(24-13-12-21(34)18-48-24)27(32(42)47)39-29(45)19-8-7-9-20(16-19)33(35,36)37/h4-13,16,18,23,25,27,44,48H,3,14-15H2,1-2H3,(H,39,45)/t23?,25-,27-/m0/s1. The number of nitriles is 1. The number of halogens is 4. The molecule has 10 nitrogen and oxygen atoms in total. The number of carbonyl (C=O) groups excluding carboxylic acids is 3. The fraction of sp³-hybridized carbons (Fsp3) is 0.273. The molecule has 2 aromatic carbocycles. The van der Waals surface area contributed by atoms with Gasteiger partial charge >= 0.3 is 6.18 Å². The number of nitrogens with zero attached hydrogens (tertiary/aromatic N) is 5. The Morgan fingerprint density at radius 2 is 1.88 bits per heavy atom. The Morgan fingerprint density at radius 3 is 2.48 bits per heavy atom. The topological polar surface area (TPSA) is 132 Å². The number of hydrogen-bond donors (Lipinski definition) is 2. The molecule has 2 aromatic heterocycles. The molecule has 0 saturated heterocycles. The molecule has 2 N–H and O–H groups in total. The van der Waals surface area contributed by atoms with E-state index in [0.717, 1.165) is 17.0 Å². The lowest BCUT2D eigenvalue weighted by Gasteiger charge is -2.38. The highest BCUT2D eigenvalue weighted by Gasteiger charge is 2.47. The second-order valence-electron chi connectivity index (χ2n) is 11.0. The van der Waals surface area contributed by atoms with Gasteiger partial charge in [-0.25, -0.2) is 9.07 Å². The van der Waals surface area contributed by atoms with Crippen LogP contribution in [0.5, 0.6) is 0 Å². The van der Waals surface area contributed by atoms with Gasteiger partial charge in [-0.15, -0.1) is 0 Å². The van der Waals surface area contributed by atoms with Crippen molar-refractivity contribution in [2.45, 2.75) is 37.5 Å². The van der Waals surface area contributed by atoms with E-state index in [2.05, 4.69) is 10.4 Å². The van der Waals surface area contributed by atoms with Crippen LogP contribution in [0.1, 0.15) is 56.4 Å².